The van der Waals surface area contributed by atoms with E-state index in [1.54, 1.807) is 19.2 Å². The first kappa shape index (κ1) is 34.2. The van der Waals surface area contributed by atoms with Crippen LogP contribution in [0.4, 0.5) is 5.69 Å². The van der Waals surface area contributed by atoms with Crippen molar-refractivity contribution in [3.05, 3.63) is 45.6 Å². The van der Waals surface area contributed by atoms with E-state index in [1.807, 2.05) is 33.8 Å². The molecule has 0 aromatic heterocycles. The molecule has 1 aliphatic carbocycles. The molecule has 11 nitrogen and oxygen atoms in total. The highest BCUT2D eigenvalue weighted by Crippen LogP contribution is 2.50. The molecule has 44 heavy (non-hydrogen) atoms. The van der Waals surface area contributed by atoms with E-state index in [2.05, 4.69) is 16.0 Å². The summed E-state index contributed by atoms with van der Waals surface area (Å²) in [5, 5.41) is 8.92. The minimum atomic E-state index is -0.832. The molecule has 0 aliphatic heterocycles. The number of ether oxygens (including phenoxy) is 4. The fourth-order valence-corrected chi connectivity index (χ4v) is 5.62. The monoisotopic (exact) mass is 611 g/mol. The highest BCUT2D eigenvalue weighted by molar-refractivity contribution is 5.90. The van der Waals surface area contributed by atoms with Gasteiger partial charge in [0.05, 0.1) is 40.2 Å². The van der Waals surface area contributed by atoms with E-state index in [4.69, 9.17) is 18.9 Å². The highest BCUT2D eigenvalue weighted by Gasteiger charge is 2.31. The number of amides is 2. The summed E-state index contributed by atoms with van der Waals surface area (Å²) < 4.78 is 22.0. The molecule has 2 amide bonds. The summed E-state index contributed by atoms with van der Waals surface area (Å²) in [4.78, 5) is 51.9. The molecule has 3 rings (SSSR count). The standard InChI is InChI=1S/C33H45N3O8/c1-17(2)14-25(33(40)44-9)36-32(39)29(18(3)4)35-24-13-11-21-22(16-26(24)38)23(34-19(5)37)12-10-20-15-27(41-6)30(42-7)31(43-8)28(20)21/h11,13,15-18,23,25,29H,10,12,14H2,1-9H3,(H,34,37)(H,35,38)(H,36,39). The fourth-order valence-electron chi connectivity index (χ4n) is 5.62. The van der Waals surface area contributed by atoms with Gasteiger partial charge in [0.25, 0.3) is 0 Å². The first-order valence-electron chi connectivity index (χ1n) is 14.8. The first-order valence-corrected chi connectivity index (χ1v) is 14.8. The lowest BCUT2D eigenvalue weighted by Crippen LogP contribution is -2.50. The Morgan fingerprint density at radius 1 is 0.955 bits per heavy atom. The number of aryl methyl sites for hydroxylation is 1. The number of hydrogen-bond acceptors (Lipinski definition) is 9. The average molecular weight is 612 g/mol. The largest absolute Gasteiger partial charge is 0.493 e. The predicted molar refractivity (Wildman–Crippen MR) is 168 cm³/mol. The number of fused-ring (bicyclic) bond motifs is 3. The lowest BCUT2D eigenvalue weighted by Gasteiger charge is -2.25. The van der Waals surface area contributed by atoms with Crippen LogP contribution < -0.4 is 35.6 Å². The lowest BCUT2D eigenvalue weighted by molar-refractivity contribution is -0.145. The molecule has 11 heteroatoms. The molecule has 240 valence electrons. The van der Waals surface area contributed by atoms with Gasteiger partial charge in [-0.3, -0.25) is 14.4 Å². The highest BCUT2D eigenvalue weighted by atomic mass is 16.5. The van der Waals surface area contributed by atoms with Crippen LogP contribution in [0.2, 0.25) is 0 Å². The maximum absolute atomic E-state index is 13.8. The Morgan fingerprint density at radius 3 is 2.18 bits per heavy atom. The van der Waals surface area contributed by atoms with Crippen LogP contribution in [0.5, 0.6) is 17.2 Å². The average Bonchev–Trinajstić information content (AvgIpc) is 3.21. The van der Waals surface area contributed by atoms with E-state index in [1.165, 1.54) is 34.3 Å². The van der Waals surface area contributed by atoms with Crippen molar-refractivity contribution in [1.82, 2.24) is 10.6 Å². The third-order valence-electron chi connectivity index (χ3n) is 7.69. The van der Waals surface area contributed by atoms with Gasteiger partial charge in [0.15, 0.2) is 11.5 Å². The number of methoxy groups -OCH3 is 4. The van der Waals surface area contributed by atoms with Crippen molar-refractivity contribution in [2.75, 3.05) is 33.8 Å². The van der Waals surface area contributed by atoms with E-state index in [0.29, 0.717) is 47.6 Å². The van der Waals surface area contributed by atoms with Crippen molar-refractivity contribution in [2.24, 2.45) is 11.8 Å². The molecule has 2 aromatic rings. The SMILES string of the molecule is COC(=O)C(CC(C)C)NC(=O)C(Nc1ccc2c(cc1=O)C(NC(C)=O)CCc1cc(OC)c(OC)c(OC)c1-2)C(C)C. The zero-order valence-corrected chi connectivity index (χ0v) is 27.1. The first-order chi connectivity index (χ1) is 20.9. The topological polar surface area (TPSA) is 141 Å². The number of rotatable bonds is 12. The van der Waals surface area contributed by atoms with Gasteiger partial charge in [-0.15, -0.1) is 0 Å². The summed E-state index contributed by atoms with van der Waals surface area (Å²) in [6.07, 6.45) is 1.50. The van der Waals surface area contributed by atoms with Crippen molar-refractivity contribution in [3.8, 4) is 28.4 Å². The second kappa shape index (κ2) is 14.9. The zero-order valence-electron chi connectivity index (χ0n) is 27.1. The quantitative estimate of drug-likeness (QED) is 0.304. The van der Waals surface area contributed by atoms with Gasteiger partial charge < -0.3 is 34.9 Å². The van der Waals surface area contributed by atoms with Crippen LogP contribution >= 0.6 is 0 Å². The van der Waals surface area contributed by atoms with Gasteiger partial charge in [0, 0.05) is 12.5 Å². The molecule has 0 saturated carbocycles. The van der Waals surface area contributed by atoms with Crippen LogP contribution in [0, 0.1) is 11.8 Å². The minimum Gasteiger partial charge on any atom is -0.493 e. The summed E-state index contributed by atoms with van der Waals surface area (Å²) in [6.45, 7) is 9.03. The van der Waals surface area contributed by atoms with E-state index >= 15 is 0 Å². The van der Waals surface area contributed by atoms with Gasteiger partial charge >= 0.3 is 5.97 Å². The molecule has 3 N–H and O–H groups in total. The third kappa shape index (κ3) is 7.62. The summed E-state index contributed by atoms with van der Waals surface area (Å²) in [7, 11) is 5.89. The maximum Gasteiger partial charge on any atom is 0.328 e. The second-order valence-corrected chi connectivity index (χ2v) is 11.7. The number of carbonyl (C=O) groups excluding carboxylic acids is 3. The van der Waals surface area contributed by atoms with Gasteiger partial charge in [-0.25, -0.2) is 4.79 Å². The van der Waals surface area contributed by atoms with E-state index < -0.39 is 30.0 Å². The van der Waals surface area contributed by atoms with Crippen molar-refractivity contribution >= 4 is 23.5 Å². The summed E-state index contributed by atoms with van der Waals surface area (Å²) in [6, 6.07) is 4.68. The molecule has 0 bridgehead atoms. The van der Waals surface area contributed by atoms with E-state index in [-0.39, 0.29) is 28.9 Å². The molecule has 0 spiro atoms. The molecule has 0 radical (unpaired) electrons. The fraction of sp³-hybridized carbons (Fsp3) is 0.515. The molecule has 2 aromatic carbocycles. The molecule has 3 unspecified atom stereocenters. The lowest BCUT2D eigenvalue weighted by atomic mass is 9.95. The van der Waals surface area contributed by atoms with Gasteiger partial charge in [-0.1, -0.05) is 33.8 Å². The number of carbonyl (C=O) groups is 3. The smallest absolute Gasteiger partial charge is 0.328 e. The Hall–Kier alpha value is -4.28. The van der Waals surface area contributed by atoms with Crippen LogP contribution in [0.15, 0.2) is 29.1 Å². The van der Waals surface area contributed by atoms with Crippen LogP contribution in [0.25, 0.3) is 11.1 Å². The Kier molecular flexibility index (Phi) is 11.6. The van der Waals surface area contributed by atoms with Crippen LogP contribution in [0.3, 0.4) is 0 Å². The normalized spacial score (nSPS) is 15.2. The summed E-state index contributed by atoms with van der Waals surface area (Å²) in [5.74, 6) is 0.0615. The zero-order chi connectivity index (χ0) is 32.7. The Morgan fingerprint density at radius 2 is 1.64 bits per heavy atom. The van der Waals surface area contributed by atoms with Crippen LogP contribution in [0.1, 0.15) is 64.6 Å². The summed E-state index contributed by atoms with van der Waals surface area (Å²) >= 11 is 0. The Labute approximate surface area is 259 Å². The molecule has 3 atom stereocenters. The number of nitrogens with one attached hydrogen (secondary N) is 3. The number of hydrogen-bond donors (Lipinski definition) is 3. The van der Waals surface area contributed by atoms with Gasteiger partial charge in [-0.05, 0) is 66.0 Å². The molecule has 0 fully saturated rings. The van der Waals surface area contributed by atoms with E-state index in [9.17, 15) is 19.2 Å². The van der Waals surface area contributed by atoms with Gasteiger partial charge in [-0.2, -0.15) is 0 Å². The molecule has 0 saturated heterocycles. The predicted octanol–water partition coefficient (Wildman–Crippen LogP) is 4.00. The minimum absolute atomic E-state index is 0.136. The van der Waals surface area contributed by atoms with Gasteiger partial charge in [0.2, 0.25) is 23.0 Å². The second-order valence-electron chi connectivity index (χ2n) is 11.7. The van der Waals surface area contributed by atoms with Crippen LogP contribution in [-0.4, -0.2) is 58.3 Å². The molecule has 0 heterocycles. The molecular weight excluding hydrogens is 566 g/mol. The molecule has 1 aliphatic rings. The van der Waals surface area contributed by atoms with E-state index in [0.717, 1.165) is 11.1 Å². The Balaban J connectivity index is 2.17. The van der Waals surface area contributed by atoms with Crippen molar-refractivity contribution < 1.29 is 33.3 Å². The van der Waals surface area contributed by atoms with Crippen molar-refractivity contribution in [1.29, 1.82) is 0 Å². The summed E-state index contributed by atoms with van der Waals surface area (Å²) in [5.41, 5.74) is 2.73. The number of esters is 1. The Bertz CT molecular complexity index is 1440. The van der Waals surface area contributed by atoms with Crippen LogP contribution in [-0.2, 0) is 25.5 Å². The van der Waals surface area contributed by atoms with Crippen molar-refractivity contribution in [2.45, 2.75) is 72.0 Å². The van der Waals surface area contributed by atoms with Gasteiger partial charge in [0.1, 0.15) is 12.1 Å². The maximum atomic E-state index is 13.8. The van der Waals surface area contributed by atoms with Crippen molar-refractivity contribution in [3.63, 3.8) is 0 Å². The third-order valence-corrected chi connectivity index (χ3v) is 7.69. The number of benzene rings is 1. The molecular formula is C33H45N3O8. The number of anilines is 1.